The molecule has 0 N–H and O–H groups in total. The van der Waals surface area contributed by atoms with Crippen LogP contribution in [0.25, 0.3) is 0 Å². The molecule has 0 radical (unpaired) electrons. The van der Waals surface area contributed by atoms with E-state index in [4.69, 9.17) is 0 Å². The maximum atomic E-state index is 11.2. The molecule has 0 fully saturated rings. The molecule has 0 aliphatic carbocycles. The average Bonchev–Trinajstić information content (AvgIpc) is 2.15. The molecule has 4 heteroatoms. The van der Waals surface area contributed by atoms with Crippen LogP contribution in [-0.4, -0.2) is 20.4 Å². The van der Waals surface area contributed by atoms with Crippen LogP contribution in [-0.2, 0) is 9.84 Å². The Labute approximate surface area is 106 Å². The molecule has 0 amide bonds. The fourth-order valence-corrected chi connectivity index (χ4v) is 3.92. The summed E-state index contributed by atoms with van der Waals surface area (Å²) in [5.41, 5.74) is 2.28. The Morgan fingerprint density at radius 1 is 1.12 bits per heavy atom. The fourth-order valence-electron chi connectivity index (χ4n) is 1.45. The first-order chi connectivity index (χ1) is 7.29. The second-order valence-electron chi connectivity index (χ2n) is 4.38. The van der Waals surface area contributed by atoms with Crippen LogP contribution in [0.4, 0.5) is 0 Å². The van der Waals surface area contributed by atoms with Crippen molar-refractivity contribution in [2.24, 2.45) is 0 Å². The molecule has 1 aromatic rings. The summed E-state index contributed by atoms with van der Waals surface area (Å²) < 4.78 is 22.3. The van der Waals surface area contributed by atoms with Gasteiger partial charge in [0, 0.05) is 6.26 Å². The first kappa shape index (κ1) is 13.7. The third kappa shape index (κ3) is 4.26. The van der Waals surface area contributed by atoms with Gasteiger partial charge in [-0.1, -0.05) is 54.0 Å². The zero-order chi connectivity index (χ0) is 12.3. The molecular weight excluding hydrogens is 288 g/mol. The summed E-state index contributed by atoms with van der Waals surface area (Å²) >= 11 is 3.40. The molecule has 0 aliphatic heterocycles. The molecule has 1 unspecified atom stereocenters. The molecule has 2 nitrogen and oxygen atoms in total. The SMILES string of the molecule is CC(C)c1ccc(C(Br)CS(C)(=O)=O)cc1. The Kier molecular flexibility index (Phi) is 4.56. The van der Waals surface area contributed by atoms with Crippen molar-refractivity contribution in [1.82, 2.24) is 0 Å². The number of benzene rings is 1. The average molecular weight is 305 g/mol. The van der Waals surface area contributed by atoms with E-state index in [-0.39, 0.29) is 10.6 Å². The van der Waals surface area contributed by atoms with Gasteiger partial charge in [0.25, 0.3) is 0 Å². The Balaban J connectivity index is 2.82. The first-order valence-electron chi connectivity index (χ1n) is 5.21. The van der Waals surface area contributed by atoms with Crippen LogP contribution >= 0.6 is 15.9 Å². The number of rotatable bonds is 4. The summed E-state index contributed by atoms with van der Waals surface area (Å²) in [6, 6.07) is 8.08. The van der Waals surface area contributed by atoms with Crippen LogP contribution in [0.1, 0.15) is 35.7 Å². The monoisotopic (exact) mass is 304 g/mol. The lowest BCUT2D eigenvalue weighted by molar-refractivity contribution is 0.601. The standard InChI is InChI=1S/C12H17BrO2S/c1-9(2)10-4-6-11(7-5-10)12(13)8-16(3,14)15/h4-7,9,12H,8H2,1-3H3. The van der Waals surface area contributed by atoms with Gasteiger partial charge in [-0.3, -0.25) is 0 Å². The molecule has 0 saturated carbocycles. The van der Waals surface area contributed by atoms with Gasteiger partial charge in [0.15, 0.2) is 0 Å². The lowest BCUT2D eigenvalue weighted by Crippen LogP contribution is -2.08. The Morgan fingerprint density at radius 3 is 1.94 bits per heavy atom. The van der Waals surface area contributed by atoms with Crippen LogP contribution in [0.15, 0.2) is 24.3 Å². The van der Waals surface area contributed by atoms with Crippen LogP contribution in [0.5, 0.6) is 0 Å². The van der Waals surface area contributed by atoms with Gasteiger partial charge in [0.2, 0.25) is 0 Å². The van der Waals surface area contributed by atoms with E-state index < -0.39 is 9.84 Å². The predicted molar refractivity (Wildman–Crippen MR) is 71.9 cm³/mol. The smallest absolute Gasteiger partial charge is 0.148 e. The van der Waals surface area contributed by atoms with Crippen molar-refractivity contribution in [3.8, 4) is 0 Å². The number of hydrogen-bond donors (Lipinski definition) is 0. The van der Waals surface area contributed by atoms with Gasteiger partial charge < -0.3 is 0 Å². The maximum absolute atomic E-state index is 11.2. The van der Waals surface area contributed by atoms with Crippen molar-refractivity contribution in [2.75, 3.05) is 12.0 Å². The summed E-state index contributed by atoms with van der Waals surface area (Å²) in [5, 5.41) is 0. The number of alkyl halides is 1. The minimum absolute atomic E-state index is 0.122. The highest BCUT2D eigenvalue weighted by Gasteiger charge is 2.14. The highest BCUT2D eigenvalue weighted by atomic mass is 79.9. The molecule has 1 rings (SSSR count). The van der Waals surface area contributed by atoms with E-state index in [0.717, 1.165) is 5.56 Å². The molecule has 90 valence electrons. The lowest BCUT2D eigenvalue weighted by atomic mass is 10.0. The normalized spacial score (nSPS) is 14.1. The minimum Gasteiger partial charge on any atom is -0.229 e. The summed E-state index contributed by atoms with van der Waals surface area (Å²) in [6.45, 7) is 4.27. The Hall–Kier alpha value is -0.350. The number of halogens is 1. The second kappa shape index (κ2) is 5.32. The minimum atomic E-state index is -2.94. The van der Waals surface area contributed by atoms with Gasteiger partial charge in [0.1, 0.15) is 9.84 Å². The highest BCUT2D eigenvalue weighted by molar-refractivity contribution is 9.09. The van der Waals surface area contributed by atoms with E-state index in [1.54, 1.807) is 0 Å². The third-order valence-electron chi connectivity index (χ3n) is 2.41. The Bertz CT molecular complexity index is 435. The second-order valence-corrected chi connectivity index (χ2v) is 7.67. The van der Waals surface area contributed by atoms with E-state index in [9.17, 15) is 8.42 Å². The van der Waals surface area contributed by atoms with Gasteiger partial charge in [-0.25, -0.2) is 8.42 Å². The third-order valence-corrected chi connectivity index (χ3v) is 4.63. The van der Waals surface area contributed by atoms with Crippen molar-refractivity contribution in [2.45, 2.75) is 24.6 Å². The molecule has 16 heavy (non-hydrogen) atoms. The zero-order valence-corrected chi connectivity index (χ0v) is 12.2. The zero-order valence-electron chi connectivity index (χ0n) is 9.77. The molecule has 1 aromatic carbocycles. The molecule has 0 aromatic heterocycles. The quantitative estimate of drug-likeness (QED) is 0.800. The topological polar surface area (TPSA) is 34.1 Å². The summed E-state index contributed by atoms with van der Waals surface area (Å²) in [7, 11) is -2.94. The highest BCUT2D eigenvalue weighted by Crippen LogP contribution is 2.25. The van der Waals surface area contributed by atoms with E-state index in [1.165, 1.54) is 11.8 Å². The summed E-state index contributed by atoms with van der Waals surface area (Å²) in [4.78, 5) is -0.122. The van der Waals surface area contributed by atoms with E-state index >= 15 is 0 Å². The molecule has 0 bridgehead atoms. The van der Waals surface area contributed by atoms with Crippen molar-refractivity contribution in [1.29, 1.82) is 0 Å². The first-order valence-corrected chi connectivity index (χ1v) is 8.19. The van der Waals surface area contributed by atoms with Crippen LogP contribution in [0, 0.1) is 0 Å². The van der Waals surface area contributed by atoms with Crippen molar-refractivity contribution >= 4 is 25.8 Å². The molecular formula is C12H17BrO2S. The van der Waals surface area contributed by atoms with E-state index in [0.29, 0.717) is 5.92 Å². The fraction of sp³-hybridized carbons (Fsp3) is 0.500. The molecule has 0 spiro atoms. The van der Waals surface area contributed by atoms with Gasteiger partial charge in [0.05, 0.1) is 10.6 Å². The maximum Gasteiger partial charge on any atom is 0.148 e. The lowest BCUT2D eigenvalue weighted by Gasteiger charge is -2.11. The predicted octanol–water partition coefficient (Wildman–Crippen LogP) is 3.29. The van der Waals surface area contributed by atoms with Crippen LogP contribution in [0.2, 0.25) is 0 Å². The van der Waals surface area contributed by atoms with Crippen molar-refractivity contribution < 1.29 is 8.42 Å². The molecule has 1 atom stereocenters. The van der Waals surface area contributed by atoms with E-state index in [1.807, 2.05) is 12.1 Å². The van der Waals surface area contributed by atoms with Crippen LogP contribution in [0.3, 0.4) is 0 Å². The number of hydrogen-bond acceptors (Lipinski definition) is 2. The van der Waals surface area contributed by atoms with E-state index in [2.05, 4.69) is 41.9 Å². The van der Waals surface area contributed by atoms with Gasteiger partial charge >= 0.3 is 0 Å². The molecule has 0 saturated heterocycles. The summed E-state index contributed by atoms with van der Waals surface area (Å²) in [6.07, 6.45) is 1.25. The largest absolute Gasteiger partial charge is 0.229 e. The van der Waals surface area contributed by atoms with Crippen molar-refractivity contribution in [3.05, 3.63) is 35.4 Å². The van der Waals surface area contributed by atoms with Crippen LogP contribution < -0.4 is 0 Å². The Morgan fingerprint density at radius 2 is 1.56 bits per heavy atom. The van der Waals surface area contributed by atoms with Gasteiger partial charge in [-0.05, 0) is 17.0 Å². The van der Waals surface area contributed by atoms with Gasteiger partial charge in [-0.15, -0.1) is 0 Å². The van der Waals surface area contributed by atoms with Gasteiger partial charge in [-0.2, -0.15) is 0 Å². The molecule has 0 heterocycles. The van der Waals surface area contributed by atoms with Crippen molar-refractivity contribution in [3.63, 3.8) is 0 Å². The number of sulfone groups is 1. The molecule has 0 aliphatic rings. The summed E-state index contributed by atoms with van der Waals surface area (Å²) in [5.74, 6) is 0.631.